The highest BCUT2D eigenvalue weighted by molar-refractivity contribution is 5.65. The minimum atomic E-state index is -0.763. The Morgan fingerprint density at radius 2 is 1.70 bits per heavy atom. The molecular formula is C17H22N2O. The summed E-state index contributed by atoms with van der Waals surface area (Å²) in [6.07, 6.45) is 2.13. The molecule has 0 aliphatic carbocycles. The average molecular weight is 270 g/mol. The SMILES string of the molecule is CCCC(N)(N)Cc1ccc(-c2ccccc2)cc1O. The van der Waals surface area contributed by atoms with Crippen molar-refractivity contribution < 1.29 is 5.11 Å². The van der Waals surface area contributed by atoms with Crippen molar-refractivity contribution in [2.24, 2.45) is 11.5 Å². The van der Waals surface area contributed by atoms with Crippen LogP contribution in [0.5, 0.6) is 5.75 Å². The normalized spacial score (nSPS) is 11.6. The second-order valence-corrected chi connectivity index (χ2v) is 5.37. The van der Waals surface area contributed by atoms with E-state index in [-0.39, 0.29) is 5.75 Å². The van der Waals surface area contributed by atoms with Crippen LogP contribution in [0.15, 0.2) is 48.5 Å². The zero-order valence-corrected chi connectivity index (χ0v) is 11.8. The molecule has 0 saturated carbocycles. The number of phenolic OH excluding ortho intramolecular Hbond substituents is 1. The van der Waals surface area contributed by atoms with Crippen LogP contribution in [-0.2, 0) is 6.42 Å². The minimum Gasteiger partial charge on any atom is -0.508 e. The van der Waals surface area contributed by atoms with Gasteiger partial charge in [-0.1, -0.05) is 55.8 Å². The lowest BCUT2D eigenvalue weighted by Crippen LogP contribution is -2.51. The molecular weight excluding hydrogens is 248 g/mol. The van der Waals surface area contributed by atoms with Gasteiger partial charge in [0.05, 0.1) is 5.66 Å². The molecule has 0 aliphatic heterocycles. The fraction of sp³-hybridized carbons (Fsp3) is 0.294. The third-order valence-electron chi connectivity index (χ3n) is 3.43. The Morgan fingerprint density at radius 1 is 1.00 bits per heavy atom. The molecule has 2 aromatic carbocycles. The summed E-state index contributed by atoms with van der Waals surface area (Å²) in [6, 6.07) is 15.6. The Labute approximate surface area is 120 Å². The van der Waals surface area contributed by atoms with Crippen molar-refractivity contribution in [3.63, 3.8) is 0 Å². The van der Waals surface area contributed by atoms with E-state index in [2.05, 4.69) is 0 Å². The van der Waals surface area contributed by atoms with Gasteiger partial charge in [0.1, 0.15) is 5.75 Å². The van der Waals surface area contributed by atoms with Crippen LogP contribution in [0, 0.1) is 0 Å². The van der Waals surface area contributed by atoms with Crippen LogP contribution in [0.1, 0.15) is 25.3 Å². The molecule has 0 aliphatic rings. The maximum atomic E-state index is 10.2. The highest BCUT2D eigenvalue weighted by Crippen LogP contribution is 2.28. The van der Waals surface area contributed by atoms with Gasteiger partial charge in [0.2, 0.25) is 0 Å². The quantitative estimate of drug-likeness (QED) is 0.731. The van der Waals surface area contributed by atoms with Gasteiger partial charge in [-0.2, -0.15) is 0 Å². The molecule has 0 amide bonds. The average Bonchev–Trinajstić information content (AvgIpc) is 2.42. The molecule has 3 nitrogen and oxygen atoms in total. The number of phenols is 1. The number of rotatable bonds is 5. The van der Waals surface area contributed by atoms with Crippen molar-refractivity contribution in [2.45, 2.75) is 31.8 Å². The molecule has 3 heteroatoms. The number of hydrogen-bond donors (Lipinski definition) is 3. The molecule has 106 valence electrons. The maximum absolute atomic E-state index is 10.2. The highest BCUT2D eigenvalue weighted by Gasteiger charge is 2.20. The van der Waals surface area contributed by atoms with E-state index < -0.39 is 5.66 Å². The van der Waals surface area contributed by atoms with E-state index in [1.165, 1.54) is 0 Å². The molecule has 2 aromatic rings. The molecule has 0 fully saturated rings. The van der Waals surface area contributed by atoms with E-state index in [1.807, 2.05) is 49.4 Å². The predicted molar refractivity (Wildman–Crippen MR) is 83.3 cm³/mol. The summed E-state index contributed by atoms with van der Waals surface area (Å²) in [5.74, 6) is 0.253. The van der Waals surface area contributed by atoms with Crippen molar-refractivity contribution in [2.75, 3.05) is 0 Å². The lowest BCUT2D eigenvalue weighted by atomic mass is 9.94. The summed E-state index contributed by atoms with van der Waals surface area (Å²) in [5.41, 5.74) is 14.2. The fourth-order valence-corrected chi connectivity index (χ4v) is 2.43. The Balaban J connectivity index is 2.23. The van der Waals surface area contributed by atoms with Gasteiger partial charge in [0.25, 0.3) is 0 Å². The third kappa shape index (κ3) is 3.59. The minimum absolute atomic E-state index is 0.253. The first-order chi connectivity index (χ1) is 9.52. The highest BCUT2D eigenvalue weighted by atomic mass is 16.3. The largest absolute Gasteiger partial charge is 0.508 e. The first-order valence-electron chi connectivity index (χ1n) is 6.97. The van der Waals surface area contributed by atoms with E-state index in [0.717, 1.165) is 29.5 Å². The van der Waals surface area contributed by atoms with Crippen LogP contribution in [-0.4, -0.2) is 10.8 Å². The third-order valence-corrected chi connectivity index (χ3v) is 3.43. The smallest absolute Gasteiger partial charge is 0.119 e. The second kappa shape index (κ2) is 6.07. The molecule has 0 spiro atoms. The van der Waals surface area contributed by atoms with E-state index in [4.69, 9.17) is 11.5 Å². The van der Waals surface area contributed by atoms with Gasteiger partial charge in [-0.05, 0) is 29.2 Å². The summed E-state index contributed by atoms with van der Waals surface area (Å²) in [5, 5.41) is 10.2. The number of aromatic hydroxyl groups is 1. The summed E-state index contributed by atoms with van der Waals surface area (Å²) >= 11 is 0. The second-order valence-electron chi connectivity index (χ2n) is 5.37. The Morgan fingerprint density at radius 3 is 2.30 bits per heavy atom. The van der Waals surface area contributed by atoms with Crippen molar-refractivity contribution >= 4 is 0 Å². The van der Waals surface area contributed by atoms with Gasteiger partial charge in [-0.3, -0.25) is 0 Å². The molecule has 0 unspecified atom stereocenters. The van der Waals surface area contributed by atoms with Crippen LogP contribution < -0.4 is 11.5 Å². The number of nitrogens with two attached hydrogens (primary N) is 2. The van der Waals surface area contributed by atoms with Crippen LogP contribution in [0.2, 0.25) is 0 Å². The van der Waals surface area contributed by atoms with Crippen molar-refractivity contribution in [3.05, 3.63) is 54.1 Å². The summed E-state index contributed by atoms with van der Waals surface area (Å²) in [6.45, 7) is 2.05. The zero-order valence-electron chi connectivity index (χ0n) is 11.8. The monoisotopic (exact) mass is 270 g/mol. The molecule has 0 saturated heterocycles. The van der Waals surface area contributed by atoms with Crippen molar-refractivity contribution in [1.29, 1.82) is 0 Å². The molecule has 0 aromatic heterocycles. The molecule has 2 rings (SSSR count). The lowest BCUT2D eigenvalue weighted by molar-refractivity contribution is 0.389. The molecule has 5 N–H and O–H groups in total. The molecule has 20 heavy (non-hydrogen) atoms. The van der Waals surface area contributed by atoms with Gasteiger partial charge >= 0.3 is 0 Å². The van der Waals surface area contributed by atoms with Gasteiger partial charge < -0.3 is 16.6 Å². The summed E-state index contributed by atoms with van der Waals surface area (Å²) < 4.78 is 0. The van der Waals surface area contributed by atoms with Crippen LogP contribution in [0.4, 0.5) is 0 Å². The van der Waals surface area contributed by atoms with Gasteiger partial charge in [-0.15, -0.1) is 0 Å². The Hall–Kier alpha value is -1.84. The van der Waals surface area contributed by atoms with Gasteiger partial charge in [0.15, 0.2) is 0 Å². The molecule has 0 radical (unpaired) electrons. The van der Waals surface area contributed by atoms with Gasteiger partial charge in [-0.25, -0.2) is 0 Å². The predicted octanol–water partition coefficient (Wildman–Crippen LogP) is 3.02. The van der Waals surface area contributed by atoms with Crippen LogP contribution >= 0.6 is 0 Å². The van der Waals surface area contributed by atoms with E-state index in [1.54, 1.807) is 6.07 Å². The zero-order chi connectivity index (χ0) is 14.6. The molecule has 0 atom stereocenters. The van der Waals surface area contributed by atoms with Crippen LogP contribution in [0.3, 0.4) is 0 Å². The first-order valence-corrected chi connectivity index (χ1v) is 6.97. The summed E-state index contributed by atoms with van der Waals surface area (Å²) in [7, 11) is 0. The molecule has 0 bridgehead atoms. The van der Waals surface area contributed by atoms with Crippen molar-refractivity contribution in [3.8, 4) is 16.9 Å². The molecule has 0 heterocycles. The number of hydrogen-bond acceptors (Lipinski definition) is 3. The lowest BCUT2D eigenvalue weighted by Gasteiger charge is -2.24. The van der Waals surface area contributed by atoms with Crippen molar-refractivity contribution in [1.82, 2.24) is 0 Å². The van der Waals surface area contributed by atoms with E-state index in [9.17, 15) is 5.11 Å². The fourth-order valence-electron chi connectivity index (χ4n) is 2.43. The standard InChI is InChI=1S/C17H22N2O/c1-2-10-17(18,19)12-15-9-8-14(11-16(15)20)13-6-4-3-5-7-13/h3-9,11,20H,2,10,12,18-19H2,1H3. The van der Waals surface area contributed by atoms with E-state index >= 15 is 0 Å². The van der Waals surface area contributed by atoms with E-state index in [0.29, 0.717) is 6.42 Å². The van der Waals surface area contributed by atoms with Gasteiger partial charge in [0, 0.05) is 6.42 Å². The Kier molecular flexibility index (Phi) is 4.42. The Bertz CT molecular complexity index is 564. The maximum Gasteiger partial charge on any atom is 0.119 e. The van der Waals surface area contributed by atoms with Crippen LogP contribution in [0.25, 0.3) is 11.1 Å². The number of benzene rings is 2. The first kappa shape index (κ1) is 14.6. The topological polar surface area (TPSA) is 72.3 Å². The summed E-state index contributed by atoms with van der Waals surface area (Å²) in [4.78, 5) is 0.